The van der Waals surface area contributed by atoms with Gasteiger partial charge in [-0.05, 0) is 46.3 Å². The van der Waals surface area contributed by atoms with Gasteiger partial charge in [-0.15, -0.1) is 0 Å². The lowest BCUT2D eigenvalue weighted by Crippen LogP contribution is -2.15. The molecule has 4 nitrogen and oxygen atoms in total. The van der Waals surface area contributed by atoms with E-state index in [-0.39, 0.29) is 20.6 Å². The molecule has 2 aromatic rings. The van der Waals surface area contributed by atoms with Crippen molar-refractivity contribution >= 4 is 45.0 Å². The minimum absolute atomic E-state index is 0.106. The van der Waals surface area contributed by atoms with Crippen molar-refractivity contribution in [1.82, 2.24) is 0 Å². The fourth-order valence-electron chi connectivity index (χ4n) is 1.67. The summed E-state index contributed by atoms with van der Waals surface area (Å²) in [6.45, 7) is 0. The number of hydrogen-bond acceptors (Lipinski definition) is 2. The minimum atomic E-state index is -0.670. The van der Waals surface area contributed by atoms with Crippen LogP contribution in [0.3, 0.4) is 0 Å². The molecule has 2 aromatic carbocycles. The van der Waals surface area contributed by atoms with E-state index in [2.05, 4.69) is 21.2 Å². The number of nitrogens with one attached hydrogen (secondary N) is 1. The first-order valence-electron chi connectivity index (χ1n) is 5.75. The largest absolute Gasteiger partial charge is 0.366 e. The third kappa shape index (κ3) is 3.40. The van der Waals surface area contributed by atoms with Gasteiger partial charge in [-0.1, -0.05) is 17.7 Å². The van der Waals surface area contributed by atoms with E-state index < -0.39 is 17.6 Å². The summed E-state index contributed by atoms with van der Waals surface area (Å²) in [4.78, 5) is 23.1. The number of primary amides is 1. The van der Waals surface area contributed by atoms with Crippen LogP contribution in [0.1, 0.15) is 20.7 Å². The number of benzene rings is 2. The molecule has 0 bridgehead atoms. The Labute approximate surface area is 133 Å². The standard InChI is InChI=1S/C14H9BrClFN2O2/c15-10-3-1-2-9(12(10)17)14(21)19-7-4-5-8(13(18)20)11(16)6-7/h1-6H,(H2,18,20)(H,19,21). The highest BCUT2D eigenvalue weighted by molar-refractivity contribution is 9.10. The summed E-state index contributed by atoms with van der Waals surface area (Å²) in [7, 11) is 0. The van der Waals surface area contributed by atoms with Crippen molar-refractivity contribution in [2.24, 2.45) is 5.73 Å². The summed E-state index contributed by atoms with van der Waals surface area (Å²) in [5.41, 5.74) is 5.49. The number of rotatable bonds is 3. The van der Waals surface area contributed by atoms with Gasteiger partial charge in [-0.2, -0.15) is 0 Å². The molecule has 2 amide bonds. The topological polar surface area (TPSA) is 72.2 Å². The van der Waals surface area contributed by atoms with Gasteiger partial charge in [0, 0.05) is 5.69 Å². The molecule has 0 aromatic heterocycles. The molecular formula is C14H9BrClFN2O2. The zero-order chi connectivity index (χ0) is 15.6. The SMILES string of the molecule is NC(=O)c1ccc(NC(=O)c2cccc(Br)c2F)cc1Cl. The highest BCUT2D eigenvalue weighted by Gasteiger charge is 2.15. The van der Waals surface area contributed by atoms with Crippen LogP contribution in [-0.2, 0) is 0 Å². The van der Waals surface area contributed by atoms with E-state index in [1.807, 2.05) is 0 Å². The molecule has 0 atom stereocenters. The molecule has 0 aliphatic carbocycles. The second kappa shape index (κ2) is 6.24. The number of anilines is 1. The van der Waals surface area contributed by atoms with Crippen molar-refractivity contribution in [3.05, 3.63) is 62.8 Å². The third-order valence-electron chi connectivity index (χ3n) is 2.69. The lowest BCUT2D eigenvalue weighted by molar-refractivity contribution is 0.0998. The lowest BCUT2D eigenvalue weighted by Gasteiger charge is -2.08. The van der Waals surface area contributed by atoms with E-state index in [0.717, 1.165) is 0 Å². The first-order valence-corrected chi connectivity index (χ1v) is 6.92. The highest BCUT2D eigenvalue weighted by Crippen LogP contribution is 2.23. The second-order valence-corrected chi connectivity index (χ2v) is 5.38. The first kappa shape index (κ1) is 15.5. The van der Waals surface area contributed by atoms with Crippen molar-refractivity contribution in [1.29, 1.82) is 0 Å². The summed E-state index contributed by atoms with van der Waals surface area (Å²) in [5, 5.41) is 2.60. The quantitative estimate of drug-likeness (QED) is 0.865. The zero-order valence-electron chi connectivity index (χ0n) is 10.5. The fraction of sp³-hybridized carbons (Fsp3) is 0. The fourth-order valence-corrected chi connectivity index (χ4v) is 2.31. The van der Waals surface area contributed by atoms with Gasteiger partial charge in [0.25, 0.3) is 5.91 Å². The van der Waals surface area contributed by atoms with E-state index in [1.165, 1.54) is 30.3 Å². The molecule has 2 rings (SSSR count). The first-order chi connectivity index (χ1) is 9.90. The van der Waals surface area contributed by atoms with Crippen LogP contribution in [0.25, 0.3) is 0 Å². The summed E-state index contributed by atoms with van der Waals surface area (Å²) in [6.07, 6.45) is 0. The number of hydrogen-bond donors (Lipinski definition) is 2. The summed E-state index contributed by atoms with van der Waals surface area (Å²) >= 11 is 8.89. The average molecular weight is 372 g/mol. The molecule has 7 heteroatoms. The zero-order valence-corrected chi connectivity index (χ0v) is 12.8. The molecule has 0 aliphatic rings. The van der Waals surface area contributed by atoms with E-state index >= 15 is 0 Å². The van der Waals surface area contributed by atoms with Crippen molar-refractivity contribution in [3.8, 4) is 0 Å². The Balaban J connectivity index is 2.26. The number of halogens is 3. The van der Waals surface area contributed by atoms with E-state index in [1.54, 1.807) is 6.07 Å². The molecular weight excluding hydrogens is 363 g/mol. The van der Waals surface area contributed by atoms with Crippen molar-refractivity contribution in [3.63, 3.8) is 0 Å². The van der Waals surface area contributed by atoms with Gasteiger partial charge in [-0.3, -0.25) is 9.59 Å². The molecule has 0 radical (unpaired) electrons. The number of nitrogens with two attached hydrogens (primary N) is 1. The Morgan fingerprint density at radius 3 is 2.52 bits per heavy atom. The van der Waals surface area contributed by atoms with Gasteiger partial charge in [-0.25, -0.2) is 4.39 Å². The van der Waals surface area contributed by atoms with Gasteiger partial charge < -0.3 is 11.1 Å². The van der Waals surface area contributed by atoms with Crippen LogP contribution in [0.2, 0.25) is 5.02 Å². The second-order valence-electron chi connectivity index (χ2n) is 4.11. The van der Waals surface area contributed by atoms with Crippen LogP contribution >= 0.6 is 27.5 Å². The smallest absolute Gasteiger partial charge is 0.258 e. The highest BCUT2D eigenvalue weighted by atomic mass is 79.9. The maximum Gasteiger partial charge on any atom is 0.258 e. The van der Waals surface area contributed by atoms with E-state index in [4.69, 9.17) is 17.3 Å². The normalized spacial score (nSPS) is 10.2. The van der Waals surface area contributed by atoms with Crippen LogP contribution in [0.4, 0.5) is 10.1 Å². The molecule has 0 unspecified atom stereocenters. The predicted molar refractivity (Wildman–Crippen MR) is 82.0 cm³/mol. The Morgan fingerprint density at radius 2 is 1.90 bits per heavy atom. The Hall–Kier alpha value is -1.92. The van der Waals surface area contributed by atoms with Gasteiger partial charge >= 0.3 is 0 Å². The Kier molecular flexibility index (Phi) is 4.59. The van der Waals surface area contributed by atoms with Crippen LogP contribution in [0.5, 0.6) is 0 Å². The number of carbonyl (C=O) groups is 2. The average Bonchev–Trinajstić information content (AvgIpc) is 2.41. The number of carbonyl (C=O) groups excluding carboxylic acids is 2. The summed E-state index contributed by atoms with van der Waals surface area (Å²) in [5.74, 6) is -1.96. The molecule has 0 heterocycles. The summed E-state index contributed by atoms with van der Waals surface area (Å²) in [6, 6.07) is 8.61. The third-order valence-corrected chi connectivity index (χ3v) is 3.61. The summed E-state index contributed by atoms with van der Waals surface area (Å²) < 4.78 is 14.0. The lowest BCUT2D eigenvalue weighted by atomic mass is 10.1. The van der Waals surface area contributed by atoms with Crippen molar-refractivity contribution in [2.45, 2.75) is 0 Å². The molecule has 21 heavy (non-hydrogen) atoms. The van der Waals surface area contributed by atoms with Crippen molar-refractivity contribution in [2.75, 3.05) is 5.32 Å². The molecule has 0 saturated heterocycles. The maximum atomic E-state index is 13.8. The van der Waals surface area contributed by atoms with Crippen molar-refractivity contribution < 1.29 is 14.0 Å². The van der Waals surface area contributed by atoms with Gasteiger partial charge in [0.05, 0.1) is 20.6 Å². The molecule has 3 N–H and O–H groups in total. The Bertz CT molecular complexity index is 737. The minimum Gasteiger partial charge on any atom is -0.366 e. The van der Waals surface area contributed by atoms with Crippen LogP contribution in [0, 0.1) is 5.82 Å². The van der Waals surface area contributed by atoms with Crippen LogP contribution in [-0.4, -0.2) is 11.8 Å². The molecule has 108 valence electrons. The van der Waals surface area contributed by atoms with E-state index in [0.29, 0.717) is 5.69 Å². The predicted octanol–water partition coefficient (Wildman–Crippen LogP) is 3.59. The number of amides is 2. The van der Waals surface area contributed by atoms with Gasteiger partial charge in [0.15, 0.2) is 0 Å². The van der Waals surface area contributed by atoms with Crippen LogP contribution in [0.15, 0.2) is 40.9 Å². The molecule has 0 spiro atoms. The molecule has 0 aliphatic heterocycles. The molecule has 0 fully saturated rings. The molecule has 0 saturated carbocycles. The Morgan fingerprint density at radius 1 is 1.19 bits per heavy atom. The van der Waals surface area contributed by atoms with Gasteiger partial charge in [0.1, 0.15) is 5.82 Å². The monoisotopic (exact) mass is 370 g/mol. The van der Waals surface area contributed by atoms with E-state index in [9.17, 15) is 14.0 Å². The van der Waals surface area contributed by atoms with Gasteiger partial charge in [0.2, 0.25) is 5.91 Å². The maximum absolute atomic E-state index is 13.8. The van der Waals surface area contributed by atoms with Crippen LogP contribution < -0.4 is 11.1 Å².